The molecule has 0 fully saturated rings. The van der Waals surface area contributed by atoms with Crippen LogP contribution in [0.5, 0.6) is 0 Å². The summed E-state index contributed by atoms with van der Waals surface area (Å²) in [6, 6.07) is 0. The van der Waals surface area contributed by atoms with Crippen LogP contribution in [0.15, 0.2) is 0 Å². The molecule has 0 spiro atoms. The first-order chi connectivity index (χ1) is 4.52. The third-order valence-corrected chi connectivity index (χ3v) is 0.743. The second-order valence-electron chi connectivity index (χ2n) is 1.82. The van der Waals surface area contributed by atoms with E-state index in [2.05, 4.69) is 11.5 Å². The summed E-state index contributed by atoms with van der Waals surface area (Å²) in [6.07, 6.45) is -0.828. The van der Waals surface area contributed by atoms with Crippen molar-refractivity contribution in [3.8, 4) is 0 Å². The minimum atomic E-state index is -0.744. The highest BCUT2D eigenvalue weighted by atomic mass is 16.2. The molecule has 4 N–H and O–H groups in total. The Morgan fingerprint density at radius 3 is 1.40 bits per heavy atom. The third-order valence-electron chi connectivity index (χ3n) is 0.743. The van der Waals surface area contributed by atoms with Gasteiger partial charge in [0, 0.05) is 0 Å². The van der Waals surface area contributed by atoms with Gasteiger partial charge < -0.3 is 11.5 Å². The van der Waals surface area contributed by atoms with E-state index in [1.54, 1.807) is 0 Å². The number of primary amides is 2. The van der Waals surface area contributed by atoms with Crippen LogP contribution in [0.4, 0.5) is 0 Å². The fourth-order valence-electron chi connectivity index (χ4n) is 0.451. The normalized spacial score (nSPS) is 8.80. The van der Waals surface area contributed by atoms with Crippen molar-refractivity contribution in [1.29, 1.82) is 0 Å². The predicted octanol–water partition coefficient (Wildman–Crippen LogP) is -1.69. The molecule has 0 bridgehead atoms. The van der Waals surface area contributed by atoms with Gasteiger partial charge in [0.15, 0.2) is 5.78 Å². The summed E-state index contributed by atoms with van der Waals surface area (Å²) in [5, 5.41) is 0. The van der Waals surface area contributed by atoms with E-state index in [9.17, 15) is 14.4 Å². The molecule has 10 heavy (non-hydrogen) atoms. The lowest BCUT2D eigenvalue weighted by Crippen LogP contribution is -2.21. The van der Waals surface area contributed by atoms with Crippen LogP contribution in [0.3, 0.4) is 0 Å². The SMILES string of the molecule is NC(=O)CC(=O)CC(N)=O. The molecule has 0 aliphatic carbocycles. The molecule has 0 aromatic carbocycles. The van der Waals surface area contributed by atoms with Crippen LogP contribution in [0.1, 0.15) is 12.8 Å². The molecule has 0 aliphatic heterocycles. The first-order valence-corrected chi connectivity index (χ1v) is 2.60. The summed E-state index contributed by atoms with van der Waals surface area (Å²) in [6.45, 7) is 0. The molecule has 56 valence electrons. The summed E-state index contributed by atoms with van der Waals surface area (Å²) >= 11 is 0. The van der Waals surface area contributed by atoms with Gasteiger partial charge in [-0.25, -0.2) is 0 Å². The molecule has 0 aromatic rings. The minimum Gasteiger partial charge on any atom is -0.369 e. The van der Waals surface area contributed by atoms with Gasteiger partial charge in [-0.15, -0.1) is 0 Å². The van der Waals surface area contributed by atoms with Crippen LogP contribution in [0.25, 0.3) is 0 Å². The van der Waals surface area contributed by atoms with Crippen molar-refractivity contribution >= 4 is 17.6 Å². The quantitative estimate of drug-likeness (QED) is 0.460. The standard InChI is InChI=1S/C5H8N2O3/c6-4(9)1-3(8)2-5(7)10/h1-2H2,(H2,6,9)(H2,7,10). The lowest BCUT2D eigenvalue weighted by atomic mass is 10.2. The average Bonchev–Trinajstić information content (AvgIpc) is 1.58. The molecule has 0 saturated heterocycles. The monoisotopic (exact) mass is 144 g/mol. The number of amides is 2. The van der Waals surface area contributed by atoms with Crippen LogP contribution < -0.4 is 11.5 Å². The largest absolute Gasteiger partial charge is 0.369 e. The van der Waals surface area contributed by atoms with E-state index in [-0.39, 0.29) is 0 Å². The van der Waals surface area contributed by atoms with Gasteiger partial charge in [-0.3, -0.25) is 14.4 Å². The van der Waals surface area contributed by atoms with Gasteiger partial charge in [-0.05, 0) is 0 Å². The van der Waals surface area contributed by atoms with Crippen LogP contribution in [-0.2, 0) is 14.4 Å². The number of rotatable bonds is 4. The Balaban J connectivity index is 3.65. The highest BCUT2D eigenvalue weighted by Crippen LogP contribution is 1.86. The smallest absolute Gasteiger partial charge is 0.224 e. The Kier molecular flexibility index (Phi) is 3.10. The Bertz CT molecular complexity index is 158. The number of ketones is 1. The van der Waals surface area contributed by atoms with E-state index in [0.29, 0.717) is 0 Å². The van der Waals surface area contributed by atoms with Gasteiger partial charge in [0.2, 0.25) is 11.8 Å². The van der Waals surface area contributed by atoms with Crippen molar-refractivity contribution in [2.75, 3.05) is 0 Å². The Labute approximate surface area is 57.4 Å². The van der Waals surface area contributed by atoms with E-state index >= 15 is 0 Å². The molecule has 2 amide bonds. The molecule has 5 nitrogen and oxygen atoms in total. The van der Waals surface area contributed by atoms with Crippen LogP contribution in [0, 0.1) is 0 Å². The number of carbonyl (C=O) groups is 3. The summed E-state index contributed by atoms with van der Waals surface area (Å²) in [7, 11) is 0. The second-order valence-corrected chi connectivity index (χ2v) is 1.82. The summed E-state index contributed by atoms with van der Waals surface area (Å²) in [5.74, 6) is -2.03. The molecule has 0 radical (unpaired) electrons. The maximum Gasteiger partial charge on any atom is 0.224 e. The van der Waals surface area contributed by atoms with E-state index in [0.717, 1.165) is 0 Å². The number of hydrogen-bond acceptors (Lipinski definition) is 3. The fourth-order valence-corrected chi connectivity index (χ4v) is 0.451. The van der Waals surface area contributed by atoms with Crippen molar-refractivity contribution in [2.45, 2.75) is 12.8 Å². The summed E-state index contributed by atoms with van der Waals surface area (Å²) < 4.78 is 0. The molecule has 0 unspecified atom stereocenters. The zero-order valence-corrected chi connectivity index (χ0v) is 5.29. The number of hydrogen-bond donors (Lipinski definition) is 2. The van der Waals surface area contributed by atoms with Crippen molar-refractivity contribution in [1.82, 2.24) is 0 Å². The molecule has 5 heteroatoms. The second kappa shape index (κ2) is 3.60. The number of Topliss-reactive ketones (excluding diaryl/α,β-unsaturated/α-hetero) is 1. The van der Waals surface area contributed by atoms with E-state index in [1.807, 2.05) is 0 Å². The van der Waals surface area contributed by atoms with E-state index < -0.39 is 30.4 Å². The van der Waals surface area contributed by atoms with Crippen molar-refractivity contribution in [3.63, 3.8) is 0 Å². The first kappa shape index (κ1) is 8.61. The topological polar surface area (TPSA) is 103 Å². The highest BCUT2D eigenvalue weighted by Gasteiger charge is 2.08. The average molecular weight is 144 g/mol. The molecule has 0 saturated carbocycles. The molecular weight excluding hydrogens is 136 g/mol. The Hall–Kier alpha value is -1.39. The van der Waals surface area contributed by atoms with Gasteiger partial charge >= 0.3 is 0 Å². The molecule has 0 rings (SSSR count). The lowest BCUT2D eigenvalue weighted by Gasteiger charge is -1.91. The van der Waals surface area contributed by atoms with Gasteiger partial charge in [0.1, 0.15) is 0 Å². The first-order valence-electron chi connectivity index (χ1n) is 2.60. The predicted molar refractivity (Wildman–Crippen MR) is 32.6 cm³/mol. The highest BCUT2D eigenvalue weighted by molar-refractivity contribution is 6.05. The number of carbonyl (C=O) groups excluding carboxylic acids is 3. The molecule has 0 atom stereocenters. The summed E-state index contributed by atoms with van der Waals surface area (Å²) in [5.41, 5.74) is 9.31. The zero-order chi connectivity index (χ0) is 8.15. The lowest BCUT2D eigenvalue weighted by molar-refractivity contribution is -0.129. The van der Waals surface area contributed by atoms with Gasteiger partial charge in [-0.2, -0.15) is 0 Å². The number of nitrogens with two attached hydrogens (primary N) is 2. The molecular formula is C5H8N2O3. The Morgan fingerprint density at radius 2 is 1.20 bits per heavy atom. The summed E-state index contributed by atoms with van der Waals surface area (Å²) in [4.78, 5) is 30.5. The zero-order valence-electron chi connectivity index (χ0n) is 5.29. The van der Waals surface area contributed by atoms with Gasteiger partial charge in [0.05, 0.1) is 12.8 Å². The van der Waals surface area contributed by atoms with E-state index in [1.165, 1.54) is 0 Å². The van der Waals surface area contributed by atoms with E-state index in [4.69, 9.17) is 0 Å². The van der Waals surface area contributed by atoms with Gasteiger partial charge in [-0.1, -0.05) is 0 Å². The fraction of sp³-hybridized carbons (Fsp3) is 0.400. The van der Waals surface area contributed by atoms with Crippen molar-refractivity contribution in [2.24, 2.45) is 11.5 Å². The maximum absolute atomic E-state index is 10.5. The van der Waals surface area contributed by atoms with Crippen LogP contribution in [-0.4, -0.2) is 17.6 Å². The molecule has 0 aromatic heterocycles. The van der Waals surface area contributed by atoms with Gasteiger partial charge in [0.25, 0.3) is 0 Å². The Morgan fingerprint density at radius 1 is 0.900 bits per heavy atom. The molecule has 0 heterocycles. The van der Waals surface area contributed by atoms with Crippen molar-refractivity contribution < 1.29 is 14.4 Å². The van der Waals surface area contributed by atoms with Crippen LogP contribution >= 0.6 is 0 Å². The third kappa shape index (κ3) is 4.76. The minimum absolute atomic E-state index is 0.414. The maximum atomic E-state index is 10.5. The molecule has 0 aliphatic rings. The van der Waals surface area contributed by atoms with Crippen molar-refractivity contribution in [3.05, 3.63) is 0 Å². The van der Waals surface area contributed by atoms with Crippen LogP contribution in [0.2, 0.25) is 0 Å².